The van der Waals surface area contributed by atoms with E-state index < -0.39 is 0 Å². The first-order valence-corrected chi connectivity index (χ1v) is 5.78. The van der Waals surface area contributed by atoms with Crippen LogP contribution in [0, 0.1) is 0 Å². The van der Waals surface area contributed by atoms with Crippen LogP contribution in [0.15, 0.2) is 33.8 Å². The fraction of sp³-hybridized carbons (Fsp3) is 0.364. The van der Waals surface area contributed by atoms with Gasteiger partial charge in [-0.15, -0.1) is 0 Å². The van der Waals surface area contributed by atoms with Gasteiger partial charge in [0.15, 0.2) is 0 Å². The van der Waals surface area contributed by atoms with E-state index in [1.54, 1.807) is 0 Å². The Labute approximate surface area is 98.1 Å². The molecule has 0 saturated heterocycles. The summed E-state index contributed by atoms with van der Waals surface area (Å²) >= 11 is 3.46. The molecule has 0 aliphatic carbocycles. The van der Waals surface area contributed by atoms with E-state index in [0.717, 1.165) is 23.3 Å². The zero-order valence-electron chi connectivity index (χ0n) is 8.65. The van der Waals surface area contributed by atoms with Crippen LogP contribution in [0.3, 0.4) is 0 Å². The normalized spacial score (nSPS) is 20.5. The van der Waals surface area contributed by atoms with Crippen molar-refractivity contribution < 1.29 is 0 Å². The molecular weight excluding hydrogens is 254 g/mol. The lowest BCUT2D eigenvalue weighted by atomic mass is 10.2. The monoisotopic (exact) mass is 267 g/mol. The zero-order valence-corrected chi connectivity index (χ0v) is 10.2. The van der Waals surface area contributed by atoms with Gasteiger partial charge in [0.05, 0.1) is 12.6 Å². The third kappa shape index (κ3) is 2.50. The summed E-state index contributed by atoms with van der Waals surface area (Å²) in [5.74, 6) is 0.734. The summed E-state index contributed by atoms with van der Waals surface area (Å²) in [6.45, 7) is 2.96. The van der Waals surface area contributed by atoms with Gasteiger partial charge < -0.3 is 5.73 Å². The van der Waals surface area contributed by atoms with E-state index in [4.69, 9.17) is 5.73 Å². The number of halogens is 1. The second-order valence-electron chi connectivity index (χ2n) is 3.87. The van der Waals surface area contributed by atoms with Gasteiger partial charge in [0, 0.05) is 10.9 Å². The molecule has 0 saturated carbocycles. The van der Waals surface area contributed by atoms with Gasteiger partial charge in [-0.3, -0.25) is 5.01 Å². The minimum absolute atomic E-state index is 0.406. The number of rotatable bonds is 2. The van der Waals surface area contributed by atoms with Crippen LogP contribution in [-0.2, 0) is 6.54 Å². The average molecular weight is 268 g/mol. The minimum atomic E-state index is 0.406. The van der Waals surface area contributed by atoms with Gasteiger partial charge in [0.25, 0.3) is 0 Å². The summed E-state index contributed by atoms with van der Waals surface area (Å²) in [5.41, 5.74) is 6.94. The Morgan fingerprint density at radius 1 is 1.60 bits per heavy atom. The fourth-order valence-corrected chi connectivity index (χ4v) is 2.17. The van der Waals surface area contributed by atoms with Gasteiger partial charge in [0.2, 0.25) is 0 Å². The molecule has 15 heavy (non-hydrogen) atoms. The van der Waals surface area contributed by atoms with E-state index in [1.165, 1.54) is 5.56 Å². The van der Waals surface area contributed by atoms with Crippen LogP contribution < -0.4 is 5.73 Å². The van der Waals surface area contributed by atoms with Gasteiger partial charge in [-0.05, 0) is 24.6 Å². The topological polar surface area (TPSA) is 41.6 Å². The molecule has 0 radical (unpaired) electrons. The first-order valence-electron chi connectivity index (χ1n) is 4.99. The molecule has 1 aromatic rings. The van der Waals surface area contributed by atoms with Gasteiger partial charge in [-0.25, -0.2) is 0 Å². The third-order valence-corrected chi connectivity index (χ3v) is 3.00. The number of hydrogen-bond donors (Lipinski definition) is 1. The maximum Gasteiger partial charge on any atom is 0.121 e. The largest absolute Gasteiger partial charge is 0.386 e. The predicted molar refractivity (Wildman–Crippen MR) is 65.4 cm³/mol. The van der Waals surface area contributed by atoms with Crippen molar-refractivity contribution in [2.45, 2.75) is 25.9 Å². The summed E-state index contributed by atoms with van der Waals surface area (Å²) in [6.07, 6.45) is 0.869. The highest BCUT2D eigenvalue weighted by molar-refractivity contribution is 9.10. The number of benzene rings is 1. The van der Waals surface area contributed by atoms with Gasteiger partial charge in [-0.2, -0.15) is 5.10 Å². The maximum atomic E-state index is 5.70. The minimum Gasteiger partial charge on any atom is -0.386 e. The molecule has 1 heterocycles. The van der Waals surface area contributed by atoms with Crippen molar-refractivity contribution in [3.05, 3.63) is 34.3 Å². The Morgan fingerprint density at radius 2 is 2.40 bits per heavy atom. The van der Waals surface area contributed by atoms with Crippen LogP contribution in [0.5, 0.6) is 0 Å². The van der Waals surface area contributed by atoms with Crippen molar-refractivity contribution in [2.75, 3.05) is 0 Å². The summed E-state index contributed by atoms with van der Waals surface area (Å²) in [4.78, 5) is 0. The van der Waals surface area contributed by atoms with Crippen molar-refractivity contribution in [2.24, 2.45) is 10.8 Å². The molecule has 1 aliphatic heterocycles. The quantitative estimate of drug-likeness (QED) is 0.894. The van der Waals surface area contributed by atoms with Crippen molar-refractivity contribution >= 4 is 21.8 Å². The highest BCUT2D eigenvalue weighted by Gasteiger charge is 2.20. The lowest BCUT2D eigenvalue weighted by Crippen LogP contribution is -2.23. The molecule has 0 fully saturated rings. The molecule has 3 nitrogen and oxygen atoms in total. The first-order chi connectivity index (χ1) is 7.15. The molecular formula is C11H14BrN3. The number of hydrazone groups is 1. The van der Waals surface area contributed by atoms with E-state index in [9.17, 15) is 0 Å². The van der Waals surface area contributed by atoms with Crippen LogP contribution in [0.1, 0.15) is 18.9 Å². The van der Waals surface area contributed by atoms with Crippen molar-refractivity contribution in [3.8, 4) is 0 Å². The smallest absolute Gasteiger partial charge is 0.121 e. The lowest BCUT2D eigenvalue weighted by Gasteiger charge is -2.19. The van der Waals surface area contributed by atoms with Crippen molar-refractivity contribution in [3.63, 3.8) is 0 Å². The Kier molecular flexibility index (Phi) is 2.95. The molecule has 1 atom stereocenters. The van der Waals surface area contributed by atoms with Gasteiger partial charge in [-0.1, -0.05) is 28.1 Å². The molecule has 4 heteroatoms. The Morgan fingerprint density at radius 3 is 3.00 bits per heavy atom. The summed E-state index contributed by atoms with van der Waals surface area (Å²) in [7, 11) is 0. The number of nitrogens with zero attached hydrogens (tertiary/aromatic N) is 2. The molecule has 0 amide bonds. The van der Waals surface area contributed by atoms with E-state index in [-0.39, 0.29) is 0 Å². The Bertz CT molecular complexity index is 389. The van der Waals surface area contributed by atoms with Gasteiger partial charge >= 0.3 is 0 Å². The molecule has 2 rings (SSSR count). The third-order valence-electron chi connectivity index (χ3n) is 2.50. The van der Waals surface area contributed by atoms with E-state index in [1.807, 2.05) is 17.1 Å². The van der Waals surface area contributed by atoms with Crippen LogP contribution in [0.25, 0.3) is 0 Å². The maximum absolute atomic E-state index is 5.70. The standard InChI is InChI=1S/C11H14BrN3/c1-8-5-11(13)14-15(8)7-9-3-2-4-10(12)6-9/h2-4,6,8H,5,7H2,1H3,(H2,13,14). The van der Waals surface area contributed by atoms with E-state index in [0.29, 0.717) is 6.04 Å². The number of nitrogens with two attached hydrogens (primary N) is 1. The second kappa shape index (κ2) is 4.23. The van der Waals surface area contributed by atoms with Crippen LogP contribution in [0.4, 0.5) is 0 Å². The summed E-state index contributed by atoms with van der Waals surface area (Å²) in [5, 5.41) is 6.35. The Hall–Kier alpha value is -1.03. The number of hydrogen-bond acceptors (Lipinski definition) is 3. The lowest BCUT2D eigenvalue weighted by molar-refractivity contribution is 0.236. The molecule has 0 aromatic heterocycles. The molecule has 1 aromatic carbocycles. The average Bonchev–Trinajstić information content (AvgIpc) is 2.45. The zero-order chi connectivity index (χ0) is 10.8. The molecule has 0 bridgehead atoms. The van der Waals surface area contributed by atoms with Crippen LogP contribution >= 0.6 is 15.9 Å². The van der Waals surface area contributed by atoms with Crippen molar-refractivity contribution in [1.82, 2.24) is 5.01 Å². The molecule has 1 aliphatic rings. The van der Waals surface area contributed by atoms with Crippen LogP contribution in [0.2, 0.25) is 0 Å². The van der Waals surface area contributed by atoms with E-state index >= 15 is 0 Å². The molecule has 1 unspecified atom stereocenters. The molecule has 2 N–H and O–H groups in total. The molecule has 80 valence electrons. The van der Waals surface area contributed by atoms with Crippen LogP contribution in [-0.4, -0.2) is 16.9 Å². The highest BCUT2D eigenvalue weighted by Crippen LogP contribution is 2.18. The summed E-state index contributed by atoms with van der Waals surface area (Å²) < 4.78 is 1.10. The fourth-order valence-electron chi connectivity index (χ4n) is 1.73. The number of amidine groups is 1. The predicted octanol–water partition coefficient (Wildman–Crippen LogP) is 2.32. The molecule has 0 spiro atoms. The van der Waals surface area contributed by atoms with Gasteiger partial charge in [0.1, 0.15) is 5.84 Å². The summed E-state index contributed by atoms with van der Waals surface area (Å²) in [6, 6.07) is 8.67. The SMILES string of the molecule is CC1CC(N)=NN1Cc1cccc(Br)c1. The Balaban J connectivity index is 2.09. The van der Waals surface area contributed by atoms with Crippen molar-refractivity contribution in [1.29, 1.82) is 0 Å². The second-order valence-corrected chi connectivity index (χ2v) is 4.79. The highest BCUT2D eigenvalue weighted by atomic mass is 79.9. The van der Waals surface area contributed by atoms with E-state index in [2.05, 4.69) is 40.1 Å². The first kappa shape index (κ1) is 10.5.